The van der Waals surface area contributed by atoms with E-state index in [-0.39, 0.29) is 12.0 Å². The summed E-state index contributed by atoms with van der Waals surface area (Å²) in [6.45, 7) is 13.7. The Morgan fingerprint density at radius 3 is 2.55 bits per heavy atom. The molecule has 0 amide bonds. The predicted molar refractivity (Wildman–Crippen MR) is 141 cm³/mol. The van der Waals surface area contributed by atoms with Gasteiger partial charge in [-0.2, -0.15) is 0 Å². The standard InChI is InChI=1S/C29H32ClN3/c1-19(2)29(33-20(3)22-11-5-6-12-22)21(4)31-17-25(23-13-7-9-15-27(23)30)26-18-32-28-16-10-8-14-24(26)28/h5-11,13-16,18-19,25,29,31-33H,3-4,12,17H2,1-2H3. The summed E-state index contributed by atoms with van der Waals surface area (Å²) in [4.78, 5) is 3.41. The minimum atomic E-state index is 0.0638. The zero-order valence-electron chi connectivity index (χ0n) is 19.4. The van der Waals surface area contributed by atoms with Crippen LogP contribution < -0.4 is 10.6 Å². The Bertz CT molecular complexity index is 1210. The normalized spacial score (nSPS) is 14.8. The zero-order valence-corrected chi connectivity index (χ0v) is 20.1. The third kappa shape index (κ3) is 5.09. The second-order valence-electron chi connectivity index (χ2n) is 8.94. The van der Waals surface area contributed by atoms with E-state index < -0.39 is 0 Å². The highest BCUT2D eigenvalue weighted by molar-refractivity contribution is 6.31. The molecule has 1 aromatic heterocycles. The first kappa shape index (κ1) is 23.0. The van der Waals surface area contributed by atoms with E-state index in [1.807, 2.05) is 24.3 Å². The second kappa shape index (κ2) is 10.2. The molecular weight excluding hydrogens is 426 g/mol. The molecule has 33 heavy (non-hydrogen) atoms. The lowest BCUT2D eigenvalue weighted by Crippen LogP contribution is -2.40. The molecule has 0 spiro atoms. The van der Waals surface area contributed by atoms with Crippen LogP contribution in [0, 0.1) is 5.92 Å². The van der Waals surface area contributed by atoms with E-state index >= 15 is 0 Å². The van der Waals surface area contributed by atoms with E-state index in [1.165, 1.54) is 16.5 Å². The number of aromatic nitrogens is 1. The lowest BCUT2D eigenvalue weighted by atomic mass is 9.90. The average Bonchev–Trinajstić information content (AvgIpc) is 3.49. The van der Waals surface area contributed by atoms with Crippen molar-refractivity contribution in [2.75, 3.05) is 6.54 Å². The number of rotatable bonds is 10. The average molecular weight is 458 g/mol. The number of benzene rings is 2. The molecule has 0 fully saturated rings. The van der Waals surface area contributed by atoms with Gasteiger partial charge in [0.05, 0.1) is 6.04 Å². The van der Waals surface area contributed by atoms with Crippen molar-refractivity contribution >= 4 is 22.5 Å². The van der Waals surface area contributed by atoms with Gasteiger partial charge in [-0.1, -0.05) is 93.2 Å². The first-order chi connectivity index (χ1) is 16.0. The summed E-state index contributed by atoms with van der Waals surface area (Å²) in [5, 5.41) is 9.22. The quantitative estimate of drug-likeness (QED) is 0.304. The molecule has 1 heterocycles. The molecule has 4 heteroatoms. The van der Waals surface area contributed by atoms with Crippen molar-refractivity contribution in [2.45, 2.75) is 32.2 Å². The van der Waals surface area contributed by atoms with Crippen LogP contribution in [0.3, 0.4) is 0 Å². The number of hydrogen-bond acceptors (Lipinski definition) is 2. The number of fused-ring (bicyclic) bond motifs is 1. The van der Waals surface area contributed by atoms with Gasteiger partial charge in [0.1, 0.15) is 0 Å². The number of para-hydroxylation sites is 1. The van der Waals surface area contributed by atoms with Gasteiger partial charge in [0.25, 0.3) is 0 Å². The van der Waals surface area contributed by atoms with Crippen molar-refractivity contribution in [3.05, 3.63) is 119 Å². The maximum Gasteiger partial charge on any atom is 0.0676 e. The minimum absolute atomic E-state index is 0.0638. The van der Waals surface area contributed by atoms with Crippen molar-refractivity contribution < 1.29 is 0 Å². The number of nitrogens with one attached hydrogen (secondary N) is 3. The predicted octanol–water partition coefficient (Wildman–Crippen LogP) is 7.07. The summed E-state index contributed by atoms with van der Waals surface area (Å²) in [6, 6.07) is 16.5. The largest absolute Gasteiger partial charge is 0.386 e. The molecule has 1 aliphatic rings. The molecule has 0 aliphatic heterocycles. The van der Waals surface area contributed by atoms with Crippen LogP contribution in [-0.4, -0.2) is 17.6 Å². The Balaban J connectivity index is 1.56. The van der Waals surface area contributed by atoms with Gasteiger partial charge in [-0.05, 0) is 41.2 Å². The fourth-order valence-corrected chi connectivity index (χ4v) is 4.75. The summed E-state index contributed by atoms with van der Waals surface area (Å²) in [7, 11) is 0. The molecule has 3 aromatic rings. The van der Waals surface area contributed by atoms with Gasteiger partial charge >= 0.3 is 0 Å². The van der Waals surface area contributed by atoms with Crippen LogP contribution >= 0.6 is 11.6 Å². The molecule has 3 N–H and O–H groups in total. The van der Waals surface area contributed by atoms with E-state index in [9.17, 15) is 0 Å². The third-order valence-electron chi connectivity index (χ3n) is 6.34. The van der Waals surface area contributed by atoms with Gasteiger partial charge in [0.15, 0.2) is 0 Å². The smallest absolute Gasteiger partial charge is 0.0676 e. The van der Waals surface area contributed by atoms with Crippen LogP contribution in [0.4, 0.5) is 0 Å². The topological polar surface area (TPSA) is 39.8 Å². The SMILES string of the molecule is C=C(NC(C(=C)NCC(c1ccccc1Cl)c1c[nH]c2ccccc12)C(C)C)C1=CC=CC1. The molecule has 2 atom stereocenters. The highest BCUT2D eigenvalue weighted by Gasteiger charge is 2.23. The third-order valence-corrected chi connectivity index (χ3v) is 6.69. The summed E-state index contributed by atoms with van der Waals surface area (Å²) < 4.78 is 0. The zero-order chi connectivity index (χ0) is 23.4. The summed E-state index contributed by atoms with van der Waals surface area (Å²) >= 11 is 6.66. The van der Waals surface area contributed by atoms with Gasteiger partial charge < -0.3 is 15.6 Å². The molecule has 0 saturated carbocycles. The number of hydrogen-bond donors (Lipinski definition) is 3. The molecule has 0 bridgehead atoms. The van der Waals surface area contributed by atoms with Gasteiger partial charge in [0, 0.05) is 46.0 Å². The molecule has 1 aliphatic carbocycles. The molecule has 0 saturated heterocycles. The monoisotopic (exact) mass is 457 g/mol. The maximum absolute atomic E-state index is 6.66. The Kier molecular flexibility index (Phi) is 7.10. The minimum Gasteiger partial charge on any atom is -0.386 e. The van der Waals surface area contributed by atoms with Crippen molar-refractivity contribution in [1.29, 1.82) is 0 Å². The number of halogens is 1. The van der Waals surface area contributed by atoms with Crippen LogP contribution in [0.25, 0.3) is 10.9 Å². The summed E-state index contributed by atoms with van der Waals surface area (Å²) in [5.74, 6) is 0.424. The number of allylic oxidation sites excluding steroid dienone is 4. The second-order valence-corrected chi connectivity index (χ2v) is 9.35. The van der Waals surface area contributed by atoms with E-state index in [2.05, 4.69) is 91.3 Å². The molecule has 170 valence electrons. The van der Waals surface area contributed by atoms with Crippen molar-refractivity contribution in [2.24, 2.45) is 5.92 Å². The highest BCUT2D eigenvalue weighted by Crippen LogP contribution is 2.34. The highest BCUT2D eigenvalue weighted by atomic mass is 35.5. The van der Waals surface area contributed by atoms with E-state index in [4.69, 9.17) is 11.6 Å². The van der Waals surface area contributed by atoms with E-state index in [1.54, 1.807) is 0 Å². The first-order valence-electron chi connectivity index (χ1n) is 11.5. The number of aromatic amines is 1. The molecule has 2 unspecified atom stereocenters. The molecule has 3 nitrogen and oxygen atoms in total. The van der Waals surface area contributed by atoms with E-state index in [0.29, 0.717) is 12.5 Å². The Hall–Kier alpha value is -3.17. The molecule has 4 rings (SSSR count). The van der Waals surface area contributed by atoms with Crippen LogP contribution in [0.15, 0.2) is 103 Å². The van der Waals surface area contributed by atoms with Crippen LogP contribution in [-0.2, 0) is 0 Å². The van der Waals surface area contributed by atoms with Crippen LogP contribution in [0.5, 0.6) is 0 Å². The van der Waals surface area contributed by atoms with Crippen molar-refractivity contribution in [1.82, 2.24) is 15.6 Å². The van der Waals surface area contributed by atoms with Crippen molar-refractivity contribution in [3.8, 4) is 0 Å². The Labute approximate surface area is 201 Å². The van der Waals surface area contributed by atoms with Crippen molar-refractivity contribution in [3.63, 3.8) is 0 Å². The molecule has 0 radical (unpaired) electrons. The fraction of sp³-hybridized carbons (Fsp3) is 0.241. The number of H-pyrrole nitrogens is 1. The van der Waals surface area contributed by atoms with Gasteiger partial charge in [-0.25, -0.2) is 0 Å². The summed E-state index contributed by atoms with van der Waals surface area (Å²) in [5.41, 5.74) is 6.58. The van der Waals surface area contributed by atoms with E-state index in [0.717, 1.165) is 33.9 Å². The van der Waals surface area contributed by atoms with Crippen LogP contribution in [0.2, 0.25) is 5.02 Å². The van der Waals surface area contributed by atoms with Crippen LogP contribution in [0.1, 0.15) is 37.3 Å². The lowest BCUT2D eigenvalue weighted by Gasteiger charge is -2.29. The first-order valence-corrected chi connectivity index (χ1v) is 11.9. The fourth-order valence-electron chi connectivity index (χ4n) is 4.48. The molecule has 2 aromatic carbocycles. The Morgan fingerprint density at radius 1 is 1.06 bits per heavy atom. The molecular formula is C29H32ClN3. The lowest BCUT2D eigenvalue weighted by molar-refractivity contribution is 0.458. The van der Waals surface area contributed by atoms with Gasteiger partial charge in [-0.15, -0.1) is 0 Å². The Morgan fingerprint density at radius 2 is 1.82 bits per heavy atom. The maximum atomic E-state index is 6.66. The van der Waals surface area contributed by atoms with Gasteiger partial charge in [0.2, 0.25) is 0 Å². The van der Waals surface area contributed by atoms with Gasteiger partial charge in [-0.3, -0.25) is 0 Å². The summed E-state index contributed by atoms with van der Waals surface area (Å²) in [6.07, 6.45) is 9.37.